The Balaban J connectivity index is 1.82. The standard InChI is InChI=1S/C10H18N2O2/c1-11-5-8(6-11)7-12-4-2-3-9(12)10(13)14/h8-9H,2-7H2,1H3,(H,13,14). The van der Waals surface area contributed by atoms with E-state index >= 15 is 0 Å². The van der Waals surface area contributed by atoms with E-state index < -0.39 is 5.97 Å². The lowest BCUT2D eigenvalue weighted by Crippen LogP contribution is -2.51. The Morgan fingerprint density at radius 3 is 2.79 bits per heavy atom. The van der Waals surface area contributed by atoms with Crippen LogP contribution < -0.4 is 0 Å². The van der Waals surface area contributed by atoms with Gasteiger partial charge in [0.2, 0.25) is 0 Å². The van der Waals surface area contributed by atoms with Gasteiger partial charge >= 0.3 is 5.97 Å². The average molecular weight is 198 g/mol. The van der Waals surface area contributed by atoms with Crippen LogP contribution in [-0.2, 0) is 4.79 Å². The van der Waals surface area contributed by atoms with Crippen molar-refractivity contribution < 1.29 is 9.90 Å². The van der Waals surface area contributed by atoms with Crippen molar-refractivity contribution in [3.8, 4) is 0 Å². The quantitative estimate of drug-likeness (QED) is 0.698. The van der Waals surface area contributed by atoms with Crippen LogP contribution in [0, 0.1) is 5.92 Å². The Bertz CT molecular complexity index is 226. The number of hydrogen-bond donors (Lipinski definition) is 1. The minimum Gasteiger partial charge on any atom is -0.480 e. The Morgan fingerprint density at radius 1 is 1.50 bits per heavy atom. The summed E-state index contributed by atoms with van der Waals surface area (Å²) in [5.41, 5.74) is 0. The van der Waals surface area contributed by atoms with Gasteiger partial charge in [0.05, 0.1) is 0 Å². The van der Waals surface area contributed by atoms with Crippen LogP contribution in [0.25, 0.3) is 0 Å². The van der Waals surface area contributed by atoms with E-state index in [2.05, 4.69) is 16.8 Å². The molecule has 2 heterocycles. The molecule has 1 unspecified atom stereocenters. The van der Waals surface area contributed by atoms with Crippen molar-refractivity contribution in [1.29, 1.82) is 0 Å². The van der Waals surface area contributed by atoms with E-state index in [4.69, 9.17) is 5.11 Å². The number of carbonyl (C=O) groups is 1. The van der Waals surface area contributed by atoms with Gasteiger partial charge in [-0.05, 0) is 32.4 Å². The number of likely N-dealkylation sites (tertiary alicyclic amines) is 2. The van der Waals surface area contributed by atoms with Crippen molar-refractivity contribution in [2.75, 3.05) is 33.2 Å². The highest BCUT2D eigenvalue weighted by atomic mass is 16.4. The molecule has 0 aromatic carbocycles. The Kier molecular flexibility index (Phi) is 2.74. The van der Waals surface area contributed by atoms with Crippen LogP contribution in [0.2, 0.25) is 0 Å². The highest BCUT2D eigenvalue weighted by Crippen LogP contribution is 2.22. The van der Waals surface area contributed by atoms with Gasteiger partial charge in [-0.1, -0.05) is 0 Å². The molecule has 1 atom stereocenters. The first-order valence-electron chi connectivity index (χ1n) is 5.32. The van der Waals surface area contributed by atoms with Crippen LogP contribution in [0.4, 0.5) is 0 Å². The Hall–Kier alpha value is -0.610. The first kappa shape index (κ1) is 9.93. The SMILES string of the molecule is CN1CC(CN2CCCC2C(=O)O)C1. The summed E-state index contributed by atoms with van der Waals surface area (Å²) in [6.07, 6.45) is 1.87. The molecular formula is C10H18N2O2. The number of nitrogens with zero attached hydrogens (tertiary/aromatic N) is 2. The summed E-state index contributed by atoms with van der Waals surface area (Å²) in [4.78, 5) is 15.3. The van der Waals surface area contributed by atoms with Crippen LogP contribution in [0.3, 0.4) is 0 Å². The normalized spacial score (nSPS) is 30.5. The van der Waals surface area contributed by atoms with Crippen molar-refractivity contribution in [1.82, 2.24) is 9.80 Å². The van der Waals surface area contributed by atoms with Gasteiger partial charge in [0.15, 0.2) is 0 Å². The molecule has 0 saturated carbocycles. The second-order valence-electron chi connectivity index (χ2n) is 4.58. The van der Waals surface area contributed by atoms with Gasteiger partial charge in [-0.15, -0.1) is 0 Å². The summed E-state index contributed by atoms with van der Waals surface area (Å²) >= 11 is 0. The Morgan fingerprint density at radius 2 is 2.21 bits per heavy atom. The minimum absolute atomic E-state index is 0.207. The molecule has 1 N–H and O–H groups in total. The maximum Gasteiger partial charge on any atom is 0.320 e. The summed E-state index contributed by atoms with van der Waals surface area (Å²) in [5.74, 6) is 0.0510. The zero-order chi connectivity index (χ0) is 10.1. The fourth-order valence-electron chi connectivity index (χ4n) is 2.60. The van der Waals surface area contributed by atoms with Crippen molar-refractivity contribution in [2.45, 2.75) is 18.9 Å². The fourth-order valence-corrected chi connectivity index (χ4v) is 2.60. The van der Waals surface area contributed by atoms with Crippen LogP contribution in [0.1, 0.15) is 12.8 Å². The van der Waals surface area contributed by atoms with E-state index in [0.29, 0.717) is 5.92 Å². The van der Waals surface area contributed by atoms with Crippen molar-refractivity contribution in [2.24, 2.45) is 5.92 Å². The summed E-state index contributed by atoms with van der Waals surface area (Å²) in [5, 5.41) is 8.99. The number of hydrogen-bond acceptors (Lipinski definition) is 3. The zero-order valence-corrected chi connectivity index (χ0v) is 8.65. The number of rotatable bonds is 3. The van der Waals surface area contributed by atoms with Crippen LogP contribution in [0.5, 0.6) is 0 Å². The van der Waals surface area contributed by atoms with Gasteiger partial charge in [0.25, 0.3) is 0 Å². The van der Waals surface area contributed by atoms with Gasteiger partial charge in [0, 0.05) is 19.6 Å². The lowest BCUT2D eigenvalue weighted by atomic mass is 10.0. The molecule has 2 aliphatic rings. The molecule has 2 rings (SSSR count). The highest BCUT2D eigenvalue weighted by Gasteiger charge is 2.34. The maximum atomic E-state index is 10.9. The molecule has 2 aliphatic heterocycles. The lowest BCUT2D eigenvalue weighted by Gasteiger charge is -2.39. The third-order valence-electron chi connectivity index (χ3n) is 3.28. The van der Waals surface area contributed by atoms with E-state index in [9.17, 15) is 4.79 Å². The highest BCUT2D eigenvalue weighted by molar-refractivity contribution is 5.73. The summed E-state index contributed by atoms with van der Waals surface area (Å²) in [6, 6.07) is -0.207. The molecule has 0 aliphatic carbocycles. The van der Waals surface area contributed by atoms with E-state index in [1.807, 2.05) is 0 Å². The number of carboxylic acid groups (broad SMARTS) is 1. The van der Waals surface area contributed by atoms with Crippen LogP contribution in [0.15, 0.2) is 0 Å². The van der Waals surface area contributed by atoms with Gasteiger partial charge in [0.1, 0.15) is 6.04 Å². The molecule has 2 fully saturated rings. The molecule has 4 heteroatoms. The minimum atomic E-state index is -0.643. The number of carboxylic acids is 1. The number of aliphatic carboxylic acids is 1. The first-order valence-corrected chi connectivity index (χ1v) is 5.32. The molecule has 0 aromatic heterocycles. The average Bonchev–Trinajstić information content (AvgIpc) is 2.49. The van der Waals surface area contributed by atoms with Gasteiger partial charge in [-0.2, -0.15) is 0 Å². The molecule has 14 heavy (non-hydrogen) atoms. The van der Waals surface area contributed by atoms with Crippen molar-refractivity contribution >= 4 is 5.97 Å². The molecule has 0 amide bonds. The first-order chi connectivity index (χ1) is 6.66. The zero-order valence-electron chi connectivity index (χ0n) is 8.65. The largest absolute Gasteiger partial charge is 0.480 e. The third kappa shape index (κ3) is 1.91. The maximum absolute atomic E-state index is 10.9. The van der Waals surface area contributed by atoms with Crippen LogP contribution >= 0.6 is 0 Å². The third-order valence-corrected chi connectivity index (χ3v) is 3.28. The topological polar surface area (TPSA) is 43.8 Å². The second-order valence-corrected chi connectivity index (χ2v) is 4.58. The van der Waals surface area contributed by atoms with E-state index in [-0.39, 0.29) is 6.04 Å². The van der Waals surface area contributed by atoms with E-state index in [1.165, 1.54) is 0 Å². The molecule has 0 bridgehead atoms. The summed E-state index contributed by atoms with van der Waals surface area (Å²) in [6.45, 7) is 4.20. The predicted molar refractivity (Wildman–Crippen MR) is 53.2 cm³/mol. The van der Waals surface area contributed by atoms with Crippen LogP contribution in [-0.4, -0.2) is 60.1 Å². The van der Waals surface area contributed by atoms with Gasteiger partial charge in [-0.3, -0.25) is 9.69 Å². The van der Waals surface area contributed by atoms with Crippen molar-refractivity contribution in [3.05, 3.63) is 0 Å². The lowest BCUT2D eigenvalue weighted by molar-refractivity contribution is -0.142. The predicted octanol–water partition coefficient (Wildman–Crippen LogP) is 0.0970. The molecule has 80 valence electrons. The molecule has 4 nitrogen and oxygen atoms in total. The van der Waals surface area contributed by atoms with E-state index in [0.717, 1.165) is 39.0 Å². The molecule has 2 saturated heterocycles. The summed E-state index contributed by atoms with van der Waals surface area (Å²) in [7, 11) is 2.11. The molecule has 0 aromatic rings. The molecule has 0 spiro atoms. The van der Waals surface area contributed by atoms with Gasteiger partial charge < -0.3 is 10.0 Å². The second kappa shape index (κ2) is 3.87. The summed E-state index contributed by atoms with van der Waals surface area (Å²) < 4.78 is 0. The fraction of sp³-hybridized carbons (Fsp3) is 0.900. The Labute approximate surface area is 84.5 Å². The molecule has 0 radical (unpaired) electrons. The van der Waals surface area contributed by atoms with Crippen molar-refractivity contribution in [3.63, 3.8) is 0 Å². The monoisotopic (exact) mass is 198 g/mol. The smallest absolute Gasteiger partial charge is 0.320 e. The van der Waals surface area contributed by atoms with Gasteiger partial charge in [-0.25, -0.2) is 0 Å². The van der Waals surface area contributed by atoms with E-state index in [1.54, 1.807) is 0 Å². The molecular weight excluding hydrogens is 180 g/mol.